The van der Waals surface area contributed by atoms with Gasteiger partial charge in [-0.15, -0.1) is 0 Å². The molecule has 0 unspecified atom stereocenters. The van der Waals surface area contributed by atoms with Crippen LogP contribution in [0.1, 0.15) is 12.0 Å². The Hall–Kier alpha value is -2.64. The first-order valence-corrected chi connectivity index (χ1v) is 8.39. The second-order valence-electron chi connectivity index (χ2n) is 5.86. The highest BCUT2D eigenvalue weighted by molar-refractivity contribution is 5.98. The zero-order valence-corrected chi connectivity index (χ0v) is 13.7. The highest BCUT2D eigenvalue weighted by Gasteiger charge is 1.95. The summed E-state index contributed by atoms with van der Waals surface area (Å²) in [6, 6.07) is 31.6. The molecule has 0 bridgehead atoms. The van der Waals surface area contributed by atoms with Crippen molar-refractivity contribution in [3.05, 3.63) is 96.6 Å². The number of benzene rings is 4. The van der Waals surface area contributed by atoms with Crippen molar-refractivity contribution in [2.75, 3.05) is 6.61 Å². The minimum atomic E-state index is 0.287. The van der Waals surface area contributed by atoms with Crippen molar-refractivity contribution >= 4 is 21.5 Å². The van der Waals surface area contributed by atoms with E-state index in [2.05, 4.69) is 72.8 Å². The first-order chi connectivity index (χ1) is 11.9. The number of aliphatic hydroxyl groups excluding tert-OH is 1. The van der Waals surface area contributed by atoms with Crippen molar-refractivity contribution < 1.29 is 5.11 Å². The van der Waals surface area contributed by atoms with E-state index in [1.807, 2.05) is 18.2 Å². The van der Waals surface area contributed by atoms with Crippen LogP contribution in [0.2, 0.25) is 0 Å². The fourth-order valence-corrected chi connectivity index (χ4v) is 2.81. The molecule has 1 heteroatoms. The van der Waals surface area contributed by atoms with Crippen molar-refractivity contribution in [1.82, 2.24) is 0 Å². The summed E-state index contributed by atoms with van der Waals surface area (Å²) < 4.78 is 0. The van der Waals surface area contributed by atoms with Gasteiger partial charge in [0.1, 0.15) is 0 Å². The molecule has 120 valence electrons. The van der Waals surface area contributed by atoms with E-state index in [0.717, 1.165) is 12.8 Å². The average molecular weight is 314 g/mol. The molecule has 0 aliphatic heterocycles. The van der Waals surface area contributed by atoms with Crippen molar-refractivity contribution in [3.8, 4) is 0 Å². The topological polar surface area (TPSA) is 20.2 Å². The Bertz CT molecular complexity index is 792. The molecule has 4 rings (SSSR count). The van der Waals surface area contributed by atoms with Crippen molar-refractivity contribution in [2.24, 2.45) is 0 Å². The Morgan fingerprint density at radius 1 is 0.542 bits per heavy atom. The van der Waals surface area contributed by atoms with Crippen LogP contribution in [-0.4, -0.2) is 11.7 Å². The predicted molar refractivity (Wildman–Crippen MR) is 103 cm³/mol. The molecule has 0 radical (unpaired) electrons. The second kappa shape index (κ2) is 8.28. The summed E-state index contributed by atoms with van der Waals surface area (Å²) in [7, 11) is 0. The van der Waals surface area contributed by atoms with Gasteiger partial charge in [0.05, 0.1) is 0 Å². The molecule has 0 amide bonds. The number of hydrogen-bond acceptors (Lipinski definition) is 1. The van der Waals surface area contributed by atoms with Crippen LogP contribution in [0.5, 0.6) is 0 Å². The highest BCUT2D eigenvalue weighted by Crippen LogP contribution is 2.22. The quantitative estimate of drug-likeness (QED) is 0.488. The van der Waals surface area contributed by atoms with Crippen LogP contribution in [0.3, 0.4) is 0 Å². The molecule has 0 saturated heterocycles. The molecule has 0 fully saturated rings. The summed E-state index contributed by atoms with van der Waals surface area (Å²) in [6.45, 7) is 0.287. The molecule has 0 spiro atoms. The van der Waals surface area contributed by atoms with Crippen LogP contribution < -0.4 is 0 Å². The van der Waals surface area contributed by atoms with Gasteiger partial charge in [-0.3, -0.25) is 0 Å². The van der Waals surface area contributed by atoms with Gasteiger partial charge in [0.2, 0.25) is 0 Å². The first kappa shape index (κ1) is 16.2. The second-order valence-corrected chi connectivity index (χ2v) is 5.86. The molecule has 0 aliphatic rings. The van der Waals surface area contributed by atoms with Crippen LogP contribution in [0.4, 0.5) is 0 Å². The third-order valence-corrected chi connectivity index (χ3v) is 4.08. The summed E-state index contributed by atoms with van der Waals surface area (Å²) in [6.07, 6.45) is 1.85. The van der Waals surface area contributed by atoms with Crippen molar-refractivity contribution in [2.45, 2.75) is 12.8 Å². The lowest BCUT2D eigenvalue weighted by Gasteiger charge is -2.00. The Balaban J connectivity index is 0.000000150. The molecule has 0 atom stereocenters. The minimum absolute atomic E-state index is 0.287. The molecule has 4 aromatic rings. The molecule has 24 heavy (non-hydrogen) atoms. The summed E-state index contributed by atoms with van der Waals surface area (Å²) in [5.41, 5.74) is 1.30. The lowest BCUT2D eigenvalue weighted by atomic mass is 10.0. The van der Waals surface area contributed by atoms with E-state index in [1.165, 1.54) is 27.1 Å². The van der Waals surface area contributed by atoms with Gasteiger partial charge >= 0.3 is 0 Å². The van der Waals surface area contributed by atoms with E-state index in [1.54, 1.807) is 0 Å². The Labute approximate surface area is 143 Å². The molecule has 4 aromatic carbocycles. The van der Waals surface area contributed by atoms with Gasteiger partial charge in [0, 0.05) is 6.61 Å². The molecule has 0 aliphatic carbocycles. The molecule has 1 nitrogen and oxygen atoms in total. The molecular formula is C23H22O. The minimum Gasteiger partial charge on any atom is -0.396 e. The average Bonchev–Trinajstić information content (AvgIpc) is 2.66. The summed E-state index contributed by atoms with van der Waals surface area (Å²) in [4.78, 5) is 0. The van der Waals surface area contributed by atoms with Crippen LogP contribution in [0.15, 0.2) is 91.0 Å². The van der Waals surface area contributed by atoms with E-state index >= 15 is 0 Å². The molecule has 0 saturated carbocycles. The zero-order valence-electron chi connectivity index (χ0n) is 13.7. The number of aliphatic hydroxyl groups is 1. The molecular weight excluding hydrogens is 292 g/mol. The maximum absolute atomic E-state index is 8.53. The van der Waals surface area contributed by atoms with Crippen LogP contribution in [0.25, 0.3) is 21.5 Å². The van der Waals surface area contributed by atoms with Gasteiger partial charge in [0.15, 0.2) is 0 Å². The third kappa shape index (κ3) is 4.21. The SMILES string of the molecule is OCCCc1ccccc1.c1ccc2cc3ccccc3cc2c1. The lowest BCUT2D eigenvalue weighted by molar-refractivity contribution is 0.288. The van der Waals surface area contributed by atoms with E-state index < -0.39 is 0 Å². The smallest absolute Gasteiger partial charge is 0.0434 e. The Morgan fingerprint density at radius 3 is 1.38 bits per heavy atom. The molecule has 0 heterocycles. The predicted octanol–water partition coefficient (Wildman–Crippen LogP) is 5.60. The normalized spacial score (nSPS) is 10.4. The van der Waals surface area contributed by atoms with Crippen LogP contribution >= 0.6 is 0 Å². The highest BCUT2D eigenvalue weighted by atomic mass is 16.2. The van der Waals surface area contributed by atoms with Crippen molar-refractivity contribution in [1.29, 1.82) is 0 Å². The van der Waals surface area contributed by atoms with E-state index in [-0.39, 0.29) is 6.61 Å². The number of fused-ring (bicyclic) bond motifs is 2. The third-order valence-electron chi connectivity index (χ3n) is 4.08. The fourth-order valence-electron chi connectivity index (χ4n) is 2.81. The largest absolute Gasteiger partial charge is 0.396 e. The Morgan fingerprint density at radius 2 is 0.958 bits per heavy atom. The maximum atomic E-state index is 8.53. The number of hydrogen-bond donors (Lipinski definition) is 1. The van der Waals surface area contributed by atoms with Gasteiger partial charge in [-0.05, 0) is 52.1 Å². The van der Waals surface area contributed by atoms with Crippen LogP contribution in [0, 0.1) is 0 Å². The van der Waals surface area contributed by atoms with Gasteiger partial charge in [0.25, 0.3) is 0 Å². The maximum Gasteiger partial charge on any atom is 0.0434 e. The summed E-state index contributed by atoms with van der Waals surface area (Å²) in [5, 5.41) is 13.8. The monoisotopic (exact) mass is 314 g/mol. The number of rotatable bonds is 3. The number of aryl methyl sites for hydroxylation is 1. The molecule has 0 aromatic heterocycles. The van der Waals surface area contributed by atoms with Gasteiger partial charge in [-0.2, -0.15) is 0 Å². The van der Waals surface area contributed by atoms with E-state index in [9.17, 15) is 0 Å². The van der Waals surface area contributed by atoms with E-state index in [0.29, 0.717) is 0 Å². The summed E-state index contributed by atoms with van der Waals surface area (Å²) >= 11 is 0. The van der Waals surface area contributed by atoms with Gasteiger partial charge in [-0.25, -0.2) is 0 Å². The van der Waals surface area contributed by atoms with Gasteiger partial charge < -0.3 is 5.11 Å². The lowest BCUT2D eigenvalue weighted by Crippen LogP contribution is -1.87. The fraction of sp³-hybridized carbons (Fsp3) is 0.130. The first-order valence-electron chi connectivity index (χ1n) is 8.39. The zero-order chi connectivity index (χ0) is 16.6. The van der Waals surface area contributed by atoms with Crippen LogP contribution in [-0.2, 0) is 6.42 Å². The summed E-state index contributed by atoms with van der Waals surface area (Å²) in [5.74, 6) is 0. The standard InChI is InChI=1S/C14H10.C9H12O/c1-2-6-12-10-14-8-4-3-7-13(14)9-11(12)5-1;10-8-4-7-9-5-2-1-3-6-9/h1-10H;1-3,5-6,10H,4,7-8H2. The van der Waals surface area contributed by atoms with Gasteiger partial charge in [-0.1, -0.05) is 78.9 Å². The van der Waals surface area contributed by atoms with Crippen molar-refractivity contribution in [3.63, 3.8) is 0 Å². The molecule has 1 N–H and O–H groups in total. The van der Waals surface area contributed by atoms with E-state index in [4.69, 9.17) is 5.11 Å². The Kier molecular flexibility index (Phi) is 5.60.